The first-order chi connectivity index (χ1) is 27.3. The zero-order valence-corrected chi connectivity index (χ0v) is 33.9. The number of benzene rings is 3. The number of methoxy groups -OCH3 is 4. The molecular formula is C41H43ClF3N5O6S. The number of hydrogen-bond acceptors (Lipinski definition) is 11. The number of hydrogen-bond donors (Lipinski definition) is 0. The van der Waals surface area contributed by atoms with Gasteiger partial charge in [-0.25, -0.2) is 4.98 Å². The predicted molar refractivity (Wildman–Crippen MR) is 213 cm³/mol. The summed E-state index contributed by atoms with van der Waals surface area (Å²) in [6.07, 6.45) is -1.92. The van der Waals surface area contributed by atoms with E-state index in [9.17, 15) is 18.0 Å². The second kappa shape index (κ2) is 16.5. The number of fused-ring (bicyclic) bond motifs is 2. The van der Waals surface area contributed by atoms with Crippen molar-refractivity contribution in [3.63, 3.8) is 0 Å². The Labute approximate surface area is 337 Å². The number of alkyl halides is 3. The summed E-state index contributed by atoms with van der Waals surface area (Å²) >= 11 is 7.95. The second-order valence-corrected chi connectivity index (χ2v) is 15.4. The number of pyridine rings is 1. The van der Waals surface area contributed by atoms with E-state index in [0.717, 1.165) is 38.8 Å². The van der Waals surface area contributed by atoms with Gasteiger partial charge < -0.3 is 38.4 Å². The van der Waals surface area contributed by atoms with E-state index in [2.05, 4.69) is 14.8 Å². The van der Waals surface area contributed by atoms with E-state index in [4.69, 9.17) is 40.3 Å². The molecule has 0 unspecified atom stereocenters. The normalized spacial score (nSPS) is 18.3. The highest BCUT2D eigenvalue weighted by molar-refractivity contribution is 7.22. The maximum absolute atomic E-state index is 14.2. The van der Waals surface area contributed by atoms with Crippen molar-refractivity contribution in [3.8, 4) is 23.0 Å². The van der Waals surface area contributed by atoms with Crippen LogP contribution < -0.4 is 28.7 Å². The molecule has 5 aromatic rings. The smallest absolute Gasteiger partial charge is 0.416 e. The molecule has 3 aromatic carbocycles. The molecule has 0 aliphatic carbocycles. The first kappa shape index (κ1) is 40.2. The number of nitrogens with zero attached hydrogens (tertiary/aromatic N) is 5. The number of aromatic nitrogens is 2. The lowest BCUT2D eigenvalue weighted by molar-refractivity contribution is -0.151. The Kier molecular flexibility index (Phi) is 11.6. The van der Waals surface area contributed by atoms with Crippen LogP contribution in [0.5, 0.6) is 23.0 Å². The fraction of sp³-hybridized carbons (Fsp3) is 0.390. The fourth-order valence-corrected chi connectivity index (χ4v) is 9.10. The lowest BCUT2D eigenvalue weighted by atomic mass is 9.91. The summed E-state index contributed by atoms with van der Waals surface area (Å²) in [7, 11) is 6.47. The van der Waals surface area contributed by atoms with E-state index in [-0.39, 0.29) is 36.5 Å². The third-order valence-corrected chi connectivity index (χ3v) is 11.9. The quantitative estimate of drug-likeness (QED) is 0.129. The highest BCUT2D eigenvalue weighted by Crippen LogP contribution is 2.42. The Morgan fingerprint density at radius 1 is 0.930 bits per heavy atom. The van der Waals surface area contributed by atoms with E-state index >= 15 is 0 Å². The first-order valence-corrected chi connectivity index (χ1v) is 19.5. The van der Waals surface area contributed by atoms with Crippen molar-refractivity contribution in [1.82, 2.24) is 14.9 Å². The Balaban J connectivity index is 1.19. The Morgan fingerprint density at radius 2 is 1.58 bits per heavy atom. The average Bonchev–Trinajstić information content (AvgIpc) is 3.64. The molecule has 1 saturated heterocycles. The number of carbonyl (C=O) groups excluding carboxylic acids is 1. The highest BCUT2D eigenvalue weighted by atomic mass is 35.5. The highest BCUT2D eigenvalue weighted by Gasteiger charge is 2.40. The standard InChI is InChI=1S/C41H43ClF3N5O6S/c1-23-19-48(22-36(56-23)39(51)50-12-11-25-13-28(41(43,44)45)14-31(42)37(25)24(50)2)33-18-46-17-32-38(33)57-40(47-32)49(20-26-7-9-29(52-3)15-34(26)54-5)21-27-8-10-30(53-4)16-35(27)55-6/h7-10,13-18,23-24,36H,11-12,19-22H2,1-6H3/t23-,24+,36-/m1/s1. The molecule has 0 saturated carbocycles. The number of carbonyl (C=O) groups is 1. The van der Waals surface area contributed by atoms with Gasteiger partial charge in [0, 0.05) is 54.5 Å². The van der Waals surface area contributed by atoms with Gasteiger partial charge >= 0.3 is 6.18 Å². The van der Waals surface area contributed by atoms with Crippen molar-refractivity contribution in [1.29, 1.82) is 0 Å². The largest absolute Gasteiger partial charge is 0.497 e. The summed E-state index contributed by atoms with van der Waals surface area (Å²) in [5, 5.41) is 0.725. The van der Waals surface area contributed by atoms with Gasteiger partial charge in [0.2, 0.25) is 0 Å². The zero-order valence-electron chi connectivity index (χ0n) is 32.4. The number of anilines is 2. The molecule has 11 nitrogen and oxygen atoms in total. The van der Waals surface area contributed by atoms with Gasteiger partial charge in [0.05, 0.1) is 75.5 Å². The minimum atomic E-state index is -4.52. The van der Waals surface area contributed by atoms with Gasteiger partial charge in [-0.3, -0.25) is 9.78 Å². The summed E-state index contributed by atoms with van der Waals surface area (Å²) in [4.78, 5) is 29.8. The SMILES string of the molecule is COc1ccc(CN(Cc2ccc(OC)cc2OC)c2nc3cncc(N4C[C@@H](C)O[C@@H](C(=O)N5CCc6cc(C(F)(F)F)cc(Cl)c6[C@@H]5C)C4)c3s2)c(OC)c1. The van der Waals surface area contributed by atoms with Crippen molar-refractivity contribution < 1.29 is 41.7 Å². The number of ether oxygens (including phenoxy) is 5. The van der Waals surface area contributed by atoms with Gasteiger partial charge in [-0.05, 0) is 67.8 Å². The van der Waals surface area contributed by atoms with Gasteiger partial charge in [-0.1, -0.05) is 22.9 Å². The molecule has 302 valence electrons. The van der Waals surface area contributed by atoms with E-state index in [1.807, 2.05) is 43.3 Å². The molecule has 2 aromatic heterocycles. The van der Waals surface area contributed by atoms with Gasteiger partial charge in [-0.2, -0.15) is 13.2 Å². The summed E-state index contributed by atoms with van der Waals surface area (Å²) in [6.45, 7) is 5.56. The summed E-state index contributed by atoms with van der Waals surface area (Å²) in [6, 6.07) is 13.0. The lowest BCUT2D eigenvalue weighted by Crippen LogP contribution is -2.55. The summed E-state index contributed by atoms with van der Waals surface area (Å²) < 4.78 is 70.2. The molecule has 2 aliphatic rings. The van der Waals surface area contributed by atoms with Crippen LogP contribution in [-0.4, -0.2) is 81.1 Å². The van der Waals surface area contributed by atoms with E-state index in [1.165, 1.54) is 11.3 Å². The molecule has 0 N–H and O–H groups in total. The summed E-state index contributed by atoms with van der Waals surface area (Å²) in [5.74, 6) is 2.44. The van der Waals surface area contributed by atoms with Crippen LogP contribution in [0.25, 0.3) is 10.2 Å². The molecule has 2 aliphatic heterocycles. The molecule has 16 heteroatoms. The third-order valence-electron chi connectivity index (χ3n) is 10.5. The van der Waals surface area contributed by atoms with Gasteiger partial charge in [0.25, 0.3) is 5.91 Å². The molecule has 7 rings (SSSR count). The van der Waals surface area contributed by atoms with E-state index in [0.29, 0.717) is 59.3 Å². The molecule has 0 bridgehead atoms. The van der Waals surface area contributed by atoms with Crippen LogP contribution >= 0.6 is 22.9 Å². The average molecular weight is 826 g/mol. The van der Waals surface area contributed by atoms with E-state index < -0.39 is 23.9 Å². The molecule has 0 radical (unpaired) electrons. The minimum absolute atomic E-state index is 0.00644. The van der Waals surface area contributed by atoms with Crippen LogP contribution in [-0.2, 0) is 35.2 Å². The van der Waals surface area contributed by atoms with Crippen molar-refractivity contribution in [2.24, 2.45) is 0 Å². The van der Waals surface area contributed by atoms with E-state index in [1.54, 1.807) is 52.7 Å². The van der Waals surface area contributed by atoms with Crippen molar-refractivity contribution in [2.75, 3.05) is 57.9 Å². The van der Waals surface area contributed by atoms with Gasteiger partial charge in [0.1, 0.15) is 28.5 Å². The predicted octanol–water partition coefficient (Wildman–Crippen LogP) is 8.34. The third kappa shape index (κ3) is 8.23. The number of morpholine rings is 1. The van der Waals surface area contributed by atoms with Crippen LogP contribution in [0.2, 0.25) is 5.02 Å². The number of amides is 1. The van der Waals surface area contributed by atoms with Crippen LogP contribution in [0.4, 0.5) is 24.0 Å². The fourth-order valence-electron chi connectivity index (χ4n) is 7.63. The molecule has 1 amide bonds. The number of thiazole rings is 1. The molecule has 1 fully saturated rings. The lowest BCUT2D eigenvalue weighted by Gasteiger charge is -2.42. The van der Waals surface area contributed by atoms with Crippen LogP contribution in [0, 0.1) is 0 Å². The van der Waals surface area contributed by atoms with Crippen molar-refractivity contribution in [3.05, 3.63) is 93.8 Å². The first-order valence-electron chi connectivity index (χ1n) is 18.3. The maximum atomic E-state index is 14.2. The number of rotatable bonds is 11. The van der Waals surface area contributed by atoms with Crippen LogP contribution in [0.1, 0.15) is 47.7 Å². The zero-order chi connectivity index (χ0) is 40.6. The Hall–Kier alpha value is -4.99. The molecular weight excluding hydrogens is 783 g/mol. The summed E-state index contributed by atoms with van der Waals surface area (Å²) in [5.41, 5.74) is 3.57. The van der Waals surface area contributed by atoms with Gasteiger partial charge in [0.15, 0.2) is 11.2 Å². The van der Waals surface area contributed by atoms with Crippen molar-refractivity contribution in [2.45, 2.75) is 57.8 Å². The minimum Gasteiger partial charge on any atom is -0.497 e. The monoisotopic (exact) mass is 825 g/mol. The van der Waals surface area contributed by atoms with Crippen LogP contribution in [0.3, 0.4) is 0 Å². The topological polar surface area (TPSA) is 98.7 Å². The Morgan fingerprint density at radius 3 is 2.18 bits per heavy atom. The van der Waals surface area contributed by atoms with Crippen molar-refractivity contribution >= 4 is 49.9 Å². The number of halogens is 4. The molecule has 3 atom stereocenters. The molecule has 0 spiro atoms. The molecule has 57 heavy (non-hydrogen) atoms. The maximum Gasteiger partial charge on any atom is 0.416 e. The Bertz CT molecular complexity index is 2220. The second-order valence-electron chi connectivity index (χ2n) is 14.0. The van der Waals surface area contributed by atoms with Gasteiger partial charge in [-0.15, -0.1) is 0 Å². The van der Waals surface area contributed by atoms with Crippen LogP contribution in [0.15, 0.2) is 60.9 Å². The molecule has 4 heterocycles.